The Hall–Kier alpha value is -2.99. The van der Waals surface area contributed by atoms with Gasteiger partial charge in [0.25, 0.3) is 0 Å². The van der Waals surface area contributed by atoms with Crippen molar-refractivity contribution in [1.29, 1.82) is 0 Å². The number of alkyl halides is 6. The van der Waals surface area contributed by atoms with Crippen LogP contribution in [0.25, 0.3) is 0 Å². The van der Waals surface area contributed by atoms with Crippen molar-refractivity contribution in [2.45, 2.75) is 95.4 Å². The second-order valence-corrected chi connectivity index (χ2v) is 13.7. The molecule has 3 heterocycles. The van der Waals surface area contributed by atoms with Crippen LogP contribution in [0.2, 0.25) is 0 Å². The van der Waals surface area contributed by atoms with E-state index < -0.39 is 41.2 Å². The summed E-state index contributed by atoms with van der Waals surface area (Å²) in [5.74, 6) is 0.738. The van der Waals surface area contributed by atoms with Crippen molar-refractivity contribution < 1.29 is 40.6 Å². The minimum absolute atomic E-state index is 0.0944. The van der Waals surface area contributed by atoms with Crippen molar-refractivity contribution in [3.8, 4) is 11.5 Å². The van der Waals surface area contributed by atoms with Crippen LogP contribution in [0.3, 0.4) is 0 Å². The minimum atomic E-state index is -4.98. The van der Waals surface area contributed by atoms with Crippen LogP contribution in [0.4, 0.5) is 26.3 Å². The predicted molar refractivity (Wildman–Crippen MR) is 176 cm³/mol. The highest BCUT2D eigenvalue weighted by atomic mass is 19.4. The zero-order valence-corrected chi connectivity index (χ0v) is 28.6. The van der Waals surface area contributed by atoms with E-state index in [-0.39, 0.29) is 11.6 Å². The van der Waals surface area contributed by atoms with E-state index in [9.17, 15) is 31.1 Å². The first-order valence-corrected chi connectivity index (χ1v) is 17.7. The molecule has 3 fully saturated rings. The van der Waals surface area contributed by atoms with Crippen LogP contribution < -0.4 is 9.47 Å². The Bertz CT molecular complexity index is 1370. The number of benzene rings is 2. The maximum absolute atomic E-state index is 13.7. The molecule has 2 aromatic carbocycles. The summed E-state index contributed by atoms with van der Waals surface area (Å²) in [6.07, 6.45) is -2.27. The van der Waals surface area contributed by atoms with E-state index in [2.05, 4.69) is 9.80 Å². The fourth-order valence-corrected chi connectivity index (χ4v) is 7.88. The van der Waals surface area contributed by atoms with E-state index in [1.54, 1.807) is 4.90 Å². The summed E-state index contributed by atoms with van der Waals surface area (Å²) in [4.78, 5) is 20.5. The predicted octanol–water partition coefficient (Wildman–Crippen LogP) is 7.96. The SMILES string of the molecule is CCOc1ccc(C2(CCN3CCC(N4CCCCC4)CC3)CCCN(C(=O)Cc3cc(C(F)(F)F)cc(C(F)(F)F)c3)C2)cc1OCC. The first kappa shape index (κ1) is 37.3. The number of ether oxygens (including phenoxy) is 2. The molecule has 3 saturated heterocycles. The zero-order valence-electron chi connectivity index (χ0n) is 28.6. The minimum Gasteiger partial charge on any atom is -0.490 e. The molecular formula is C37H49F6N3O3. The molecule has 0 saturated carbocycles. The number of hydrogen-bond donors (Lipinski definition) is 0. The molecule has 12 heteroatoms. The molecular weight excluding hydrogens is 648 g/mol. The molecule has 0 bridgehead atoms. The van der Waals surface area contributed by atoms with Gasteiger partial charge in [-0.3, -0.25) is 4.79 Å². The van der Waals surface area contributed by atoms with Crippen LogP contribution in [0.5, 0.6) is 11.5 Å². The lowest BCUT2D eigenvalue weighted by Gasteiger charge is -2.45. The molecule has 0 radical (unpaired) electrons. The molecule has 0 aliphatic carbocycles. The molecule has 0 N–H and O–H groups in total. The maximum Gasteiger partial charge on any atom is 0.416 e. The first-order valence-electron chi connectivity index (χ1n) is 17.7. The average Bonchev–Trinajstić information content (AvgIpc) is 3.08. The number of likely N-dealkylation sites (tertiary alicyclic amines) is 3. The molecule has 6 nitrogen and oxygen atoms in total. The molecule has 49 heavy (non-hydrogen) atoms. The Morgan fingerprint density at radius 1 is 0.796 bits per heavy atom. The van der Waals surface area contributed by atoms with Crippen molar-refractivity contribution in [3.05, 3.63) is 58.7 Å². The van der Waals surface area contributed by atoms with Gasteiger partial charge in [0.05, 0.1) is 30.8 Å². The number of nitrogens with zero attached hydrogens (tertiary/aromatic N) is 3. The lowest BCUT2D eigenvalue weighted by Crippen LogP contribution is -2.51. The highest BCUT2D eigenvalue weighted by Crippen LogP contribution is 2.42. The third-order valence-electron chi connectivity index (χ3n) is 10.5. The van der Waals surface area contributed by atoms with Crippen LogP contribution in [-0.4, -0.2) is 85.7 Å². The fourth-order valence-electron chi connectivity index (χ4n) is 7.88. The van der Waals surface area contributed by atoms with Gasteiger partial charge in [-0.1, -0.05) is 12.5 Å². The lowest BCUT2D eigenvalue weighted by molar-refractivity contribution is -0.143. The quantitative estimate of drug-likeness (QED) is 0.223. The maximum atomic E-state index is 13.7. The molecule has 5 rings (SSSR count). The highest BCUT2D eigenvalue weighted by Gasteiger charge is 2.41. The molecule has 1 unspecified atom stereocenters. The van der Waals surface area contributed by atoms with Gasteiger partial charge in [-0.05, 0) is 133 Å². The second kappa shape index (κ2) is 15.9. The number of piperidine rings is 3. The Morgan fingerprint density at radius 2 is 1.43 bits per heavy atom. The van der Waals surface area contributed by atoms with Gasteiger partial charge in [-0.15, -0.1) is 0 Å². The summed E-state index contributed by atoms with van der Waals surface area (Å²) >= 11 is 0. The van der Waals surface area contributed by atoms with Gasteiger partial charge < -0.3 is 24.2 Å². The van der Waals surface area contributed by atoms with Gasteiger partial charge in [0, 0.05) is 24.5 Å². The molecule has 3 aliphatic heterocycles. The van der Waals surface area contributed by atoms with Gasteiger partial charge >= 0.3 is 12.4 Å². The van der Waals surface area contributed by atoms with Crippen molar-refractivity contribution in [2.24, 2.45) is 0 Å². The molecule has 1 amide bonds. The van der Waals surface area contributed by atoms with Gasteiger partial charge in [-0.2, -0.15) is 26.3 Å². The van der Waals surface area contributed by atoms with Gasteiger partial charge in [0.2, 0.25) is 5.91 Å². The number of hydrogen-bond acceptors (Lipinski definition) is 5. The van der Waals surface area contributed by atoms with E-state index in [0.29, 0.717) is 62.4 Å². The zero-order chi connectivity index (χ0) is 35.2. The van der Waals surface area contributed by atoms with Crippen LogP contribution in [0, 0.1) is 0 Å². The van der Waals surface area contributed by atoms with E-state index in [0.717, 1.165) is 50.9 Å². The number of halogens is 6. The number of amides is 1. The van der Waals surface area contributed by atoms with Gasteiger partial charge in [0.1, 0.15) is 0 Å². The molecule has 0 aromatic heterocycles. The van der Waals surface area contributed by atoms with Crippen molar-refractivity contribution in [3.63, 3.8) is 0 Å². The first-order chi connectivity index (χ1) is 23.3. The van der Waals surface area contributed by atoms with Gasteiger partial charge in [-0.25, -0.2) is 0 Å². The highest BCUT2D eigenvalue weighted by molar-refractivity contribution is 5.79. The van der Waals surface area contributed by atoms with Crippen molar-refractivity contribution >= 4 is 5.91 Å². The Labute approximate surface area is 285 Å². The van der Waals surface area contributed by atoms with E-state index >= 15 is 0 Å². The van der Waals surface area contributed by atoms with Crippen LogP contribution in [0.1, 0.15) is 87.5 Å². The fraction of sp³-hybridized carbons (Fsp3) is 0.649. The second-order valence-electron chi connectivity index (χ2n) is 13.7. The summed E-state index contributed by atoms with van der Waals surface area (Å²) in [6, 6.07) is 7.88. The van der Waals surface area contributed by atoms with Crippen LogP contribution in [-0.2, 0) is 29.0 Å². The topological polar surface area (TPSA) is 45.2 Å². The Morgan fingerprint density at radius 3 is 2.04 bits per heavy atom. The Kier molecular flexibility index (Phi) is 12.1. The molecule has 2 aromatic rings. The average molecular weight is 698 g/mol. The van der Waals surface area contributed by atoms with Crippen molar-refractivity contribution in [1.82, 2.24) is 14.7 Å². The summed E-state index contributed by atoms with van der Waals surface area (Å²) in [5, 5.41) is 0. The summed E-state index contributed by atoms with van der Waals surface area (Å²) in [7, 11) is 0. The molecule has 1 atom stereocenters. The van der Waals surface area contributed by atoms with E-state index in [1.165, 1.54) is 32.4 Å². The monoisotopic (exact) mass is 697 g/mol. The Balaban J connectivity index is 1.37. The lowest BCUT2D eigenvalue weighted by atomic mass is 9.71. The third kappa shape index (κ3) is 9.42. The van der Waals surface area contributed by atoms with Crippen LogP contribution in [0.15, 0.2) is 36.4 Å². The standard InChI is InChI=1S/C37H49F6N3O3/c1-3-48-32-10-9-28(25-33(32)49-4-2)35(14-20-44-18-11-31(12-19-44)45-15-6-5-7-16-45)13-8-17-46(26-35)34(47)23-27-21-29(36(38,39)40)24-30(22-27)37(41,42)43/h9-10,21-22,24-25,31H,3-8,11-20,23,26H2,1-2H3. The van der Waals surface area contributed by atoms with Crippen molar-refractivity contribution in [2.75, 3.05) is 59.0 Å². The normalized spacial score (nSPS) is 21.9. The summed E-state index contributed by atoms with van der Waals surface area (Å²) < 4.78 is 93.1. The number of rotatable bonds is 11. The van der Waals surface area contributed by atoms with E-state index in [1.807, 2.05) is 32.0 Å². The smallest absolute Gasteiger partial charge is 0.416 e. The summed E-state index contributed by atoms with van der Waals surface area (Å²) in [6.45, 7) is 10.5. The number of carbonyl (C=O) groups excluding carboxylic acids is 1. The number of carbonyl (C=O) groups is 1. The third-order valence-corrected chi connectivity index (χ3v) is 10.5. The molecule has 0 spiro atoms. The molecule has 3 aliphatic rings. The summed E-state index contributed by atoms with van der Waals surface area (Å²) in [5.41, 5.74) is -2.64. The van der Waals surface area contributed by atoms with Crippen LogP contribution >= 0.6 is 0 Å². The van der Waals surface area contributed by atoms with Gasteiger partial charge in [0.15, 0.2) is 11.5 Å². The van der Waals surface area contributed by atoms with E-state index in [4.69, 9.17) is 9.47 Å². The molecule has 272 valence electrons. The largest absolute Gasteiger partial charge is 0.490 e.